The molecule has 1 aliphatic rings. The molecule has 1 aliphatic heterocycles. The second kappa shape index (κ2) is 9.93. The van der Waals surface area contributed by atoms with E-state index < -0.39 is 0 Å². The predicted molar refractivity (Wildman–Crippen MR) is 119 cm³/mol. The van der Waals surface area contributed by atoms with Gasteiger partial charge in [0.25, 0.3) is 0 Å². The Balaban J connectivity index is 1.73. The molecule has 0 unspecified atom stereocenters. The molecule has 0 saturated heterocycles. The molecule has 2 aromatic rings. The third-order valence-corrected chi connectivity index (χ3v) is 5.23. The summed E-state index contributed by atoms with van der Waals surface area (Å²) in [6, 6.07) is 15.3. The average molecular weight is 410 g/mol. The van der Waals surface area contributed by atoms with Crippen LogP contribution in [0.1, 0.15) is 18.9 Å². The van der Waals surface area contributed by atoms with Crippen LogP contribution in [0.5, 0.6) is 0 Å². The number of fused-ring (bicyclic) bond motifs is 1. The minimum absolute atomic E-state index is 0.0977. The Labute approximate surface area is 174 Å². The van der Waals surface area contributed by atoms with Gasteiger partial charge in [0.05, 0.1) is 35.7 Å². The van der Waals surface area contributed by atoms with Crippen molar-refractivity contribution in [2.24, 2.45) is 4.99 Å². The fourth-order valence-electron chi connectivity index (χ4n) is 2.86. The lowest BCUT2D eigenvalue weighted by atomic mass is 10.1. The van der Waals surface area contributed by atoms with Crippen molar-refractivity contribution in [2.45, 2.75) is 19.8 Å². The van der Waals surface area contributed by atoms with E-state index in [1.54, 1.807) is 6.08 Å². The second-order valence-corrected chi connectivity index (χ2v) is 7.36. The van der Waals surface area contributed by atoms with Crippen molar-refractivity contribution < 1.29 is 14.3 Å². The number of nitrogens with one attached hydrogen (secondary N) is 2. The molecule has 0 fully saturated rings. The Morgan fingerprint density at radius 2 is 1.90 bits per heavy atom. The number of benzene rings is 2. The van der Waals surface area contributed by atoms with Gasteiger partial charge in [0.2, 0.25) is 5.91 Å². The monoisotopic (exact) mass is 409 g/mol. The Bertz CT molecular complexity index is 969. The van der Waals surface area contributed by atoms with Crippen molar-refractivity contribution in [3.05, 3.63) is 65.9 Å². The molecule has 2 aromatic carbocycles. The third kappa shape index (κ3) is 5.71. The number of methoxy groups -OCH3 is 1. The van der Waals surface area contributed by atoms with E-state index in [1.807, 2.05) is 48.5 Å². The largest absolute Gasteiger partial charge is 0.469 e. The zero-order chi connectivity index (χ0) is 20.6. The van der Waals surface area contributed by atoms with Crippen molar-refractivity contribution in [2.75, 3.05) is 23.5 Å². The van der Waals surface area contributed by atoms with Crippen molar-refractivity contribution in [1.82, 2.24) is 0 Å². The zero-order valence-electron chi connectivity index (χ0n) is 16.4. The van der Waals surface area contributed by atoms with Crippen LogP contribution >= 0.6 is 11.8 Å². The highest BCUT2D eigenvalue weighted by atomic mass is 32.2. The van der Waals surface area contributed by atoms with Gasteiger partial charge in [0, 0.05) is 11.4 Å². The topological polar surface area (TPSA) is 79.8 Å². The van der Waals surface area contributed by atoms with Gasteiger partial charge in [-0.1, -0.05) is 49.0 Å². The molecular formula is C22H23N3O3S. The van der Waals surface area contributed by atoms with Crippen LogP contribution in [0.15, 0.2) is 65.3 Å². The number of hydrogen-bond acceptors (Lipinski definition) is 6. The van der Waals surface area contributed by atoms with E-state index in [2.05, 4.69) is 22.5 Å². The van der Waals surface area contributed by atoms with Crippen LogP contribution < -0.4 is 10.6 Å². The second-order valence-electron chi connectivity index (χ2n) is 6.36. The van der Waals surface area contributed by atoms with E-state index in [0.717, 1.165) is 29.0 Å². The van der Waals surface area contributed by atoms with Crippen LogP contribution in [0.25, 0.3) is 0 Å². The first kappa shape index (κ1) is 20.7. The number of ether oxygens (including phenoxy) is 1. The summed E-state index contributed by atoms with van der Waals surface area (Å²) in [5.41, 5.74) is 4.15. The molecule has 1 amide bonds. The number of carbonyl (C=O) groups excluding carboxylic acids is 2. The third-order valence-electron chi connectivity index (χ3n) is 4.31. The zero-order valence-corrected chi connectivity index (χ0v) is 17.2. The summed E-state index contributed by atoms with van der Waals surface area (Å²) < 4.78 is 4.77. The molecule has 6 nitrogen and oxygen atoms in total. The molecule has 1 heterocycles. The van der Waals surface area contributed by atoms with E-state index in [-0.39, 0.29) is 24.1 Å². The highest BCUT2D eigenvalue weighted by molar-refractivity contribution is 8.14. The standard InChI is InChI=1S/C22H23N3O3S/c1-3-15-8-4-5-9-17(15)24-20(26)14-29-21-12-16(13-22(27)28-2)23-18-10-6-7-11-19(18)25-21/h4-12,23H,3,13-14H2,1-2H3,(H,24,26). The van der Waals surface area contributed by atoms with Crippen LogP contribution in [0.4, 0.5) is 17.1 Å². The van der Waals surface area contributed by atoms with E-state index in [4.69, 9.17) is 4.74 Å². The number of esters is 1. The number of aliphatic imine (C=N–C) groups is 1. The summed E-state index contributed by atoms with van der Waals surface area (Å²) in [5, 5.41) is 6.85. The minimum atomic E-state index is -0.346. The number of nitrogens with zero attached hydrogens (tertiary/aromatic N) is 1. The number of amides is 1. The molecule has 3 rings (SSSR count). The molecule has 0 aromatic heterocycles. The van der Waals surface area contributed by atoms with E-state index in [1.165, 1.54) is 18.9 Å². The van der Waals surface area contributed by atoms with Crippen molar-refractivity contribution in [3.8, 4) is 0 Å². The van der Waals surface area contributed by atoms with Crippen molar-refractivity contribution in [3.63, 3.8) is 0 Å². The van der Waals surface area contributed by atoms with Crippen LogP contribution in [-0.4, -0.2) is 29.8 Å². The number of rotatable bonds is 6. The smallest absolute Gasteiger partial charge is 0.311 e. The number of thioether (sulfide) groups is 1. The maximum Gasteiger partial charge on any atom is 0.311 e. The van der Waals surface area contributed by atoms with E-state index in [0.29, 0.717) is 10.7 Å². The van der Waals surface area contributed by atoms with Crippen LogP contribution in [-0.2, 0) is 20.7 Å². The maximum atomic E-state index is 12.5. The lowest BCUT2D eigenvalue weighted by Crippen LogP contribution is -2.16. The highest BCUT2D eigenvalue weighted by Gasteiger charge is 2.15. The summed E-state index contributed by atoms with van der Waals surface area (Å²) in [6.07, 6.45) is 2.73. The van der Waals surface area contributed by atoms with Crippen LogP contribution in [0.2, 0.25) is 0 Å². The van der Waals surface area contributed by atoms with Gasteiger partial charge >= 0.3 is 5.97 Å². The molecule has 2 N–H and O–H groups in total. The number of anilines is 2. The lowest BCUT2D eigenvalue weighted by Gasteiger charge is -2.10. The summed E-state index contributed by atoms with van der Waals surface area (Å²) in [7, 11) is 1.36. The molecule has 0 radical (unpaired) electrons. The summed E-state index contributed by atoms with van der Waals surface area (Å²) >= 11 is 1.32. The van der Waals surface area contributed by atoms with Gasteiger partial charge in [-0.2, -0.15) is 0 Å². The molecule has 150 valence electrons. The van der Waals surface area contributed by atoms with Gasteiger partial charge in [0.15, 0.2) is 0 Å². The Morgan fingerprint density at radius 3 is 2.69 bits per heavy atom. The molecule has 0 atom stereocenters. The highest BCUT2D eigenvalue weighted by Crippen LogP contribution is 2.31. The van der Waals surface area contributed by atoms with Gasteiger partial charge in [-0.3, -0.25) is 9.59 Å². The lowest BCUT2D eigenvalue weighted by molar-refractivity contribution is -0.139. The van der Waals surface area contributed by atoms with Gasteiger partial charge < -0.3 is 15.4 Å². The number of hydrogen-bond donors (Lipinski definition) is 2. The molecule has 0 bridgehead atoms. The Hall–Kier alpha value is -3.06. The molecule has 0 spiro atoms. The fraction of sp³-hybridized carbons (Fsp3) is 0.227. The van der Waals surface area contributed by atoms with E-state index >= 15 is 0 Å². The Kier molecular flexibility index (Phi) is 7.08. The molecule has 7 heteroatoms. The summed E-state index contributed by atoms with van der Waals surface area (Å²) in [5.74, 6) is -0.241. The van der Waals surface area contributed by atoms with Crippen molar-refractivity contribution >= 4 is 45.7 Å². The predicted octanol–water partition coefficient (Wildman–Crippen LogP) is 4.52. The number of carbonyl (C=O) groups is 2. The van der Waals surface area contributed by atoms with Gasteiger partial charge in [-0.05, 0) is 36.3 Å². The number of aryl methyl sites for hydroxylation is 1. The van der Waals surface area contributed by atoms with Gasteiger partial charge in [0.1, 0.15) is 0 Å². The quantitative estimate of drug-likeness (QED) is 0.686. The first-order valence-electron chi connectivity index (χ1n) is 9.31. The van der Waals surface area contributed by atoms with Crippen LogP contribution in [0.3, 0.4) is 0 Å². The molecule has 29 heavy (non-hydrogen) atoms. The molecule has 0 saturated carbocycles. The maximum absolute atomic E-state index is 12.5. The van der Waals surface area contributed by atoms with Crippen molar-refractivity contribution in [1.29, 1.82) is 0 Å². The fourth-order valence-corrected chi connectivity index (χ4v) is 3.60. The first-order chi connectivity index (χ1) is 14.1. The van der Waals surface area contributed by atoms with Gasteiger partial charge in [-0.15, -0.1) is 0 Å². The first-order valence-corrected chi connectivity index (χ1v) is 10.3. The molecule has 0 aliphatic carbocycles. The SMILES string of the molecule is CCc1ccccc1NC(=O)CSC1=Nc2ccccc2NC(CC(=O)OC)=C1. The van der Waals surface area contributed by atoms with Crippen LogP contribution in [0, 0.1) is 0 Å². The average Bonchev–Trinajstić information content (AvgIpc) is 2.91. The summed E-state index contributed by atoms with van der Waals surface area (Å²) in [6.45, 7) is 2.05. The molecular weight excluding hydrogens is 386 g/mol. The van der Waals surface area contributed by atoms with Gasteiger partial charge in [-0.25, -0.2) is 4.99 Å². The van der Waals surface area contributed by atoms with E-state index in [9.17, 15) is 9.59 Å². The summed E-state index contributed by atoms with van der Waals surface area (Å²) in [4.78, 5) is 28.8. The minimum Gasteiger partial charge on any atom is -0.469 e. The Morgan fingerprint density at radius 1 is 1.14 bits per heavy atom. The normalized spacial score (nSPS) is 12.6. The number of para-hydroxylation sites is 3.